The first kappa shape index (κ1) is 11.5. The third kappa shape index (κ3) is 2.71. The lowest BCUT2D eigenvalue weighted by Crippen LogP contribution is -2.07. The summed E-state index contributed by atoms with van der Waals surface area (Å²) in [5.41, 5.74) is 0. The Bertz CT molecular complexity index is 292. The Morgan fingerprint density at radius 1 is 1.21 bits per heavy atom. The molecule has 0 spiro atoms. The Morgan fingerprint density at radius 3 is 2.36 bits per heavy atom. The van der Waals surface area contributed by atoms with Gasteiger partial charge >= 0.3 is 0 Å². The minimum atomic E-state index is 0.377. The fourth-order valence-electron chi connectivity index (χ4n) is 1.32. The van der Waals surface area contributed by atoms with E-state index in [9.17, 15) is 0 Å². The van der Waals surface area contributed by atoms with Gasteiger partial charge in [-0.2, -0.15) is 0 Å². The first-order valence-electron chi connectivity index (χ1n) is 5.11. The zero-order chi connectivity index (χ0) is 10.7. The van der Waals surface area contributed by atoms with E-state index in [0.29, 0.717) is 17.1 Å². The first-order valence-corrected chi connectivity index (χ1v) is 5.48. The first-order chi connectivity index (χ1) is 6.52. The van der Waals surface area contributed by atoms with E-state index in [4.69, 9.17) is 11.6 Å². The Balaban J connectivity index is 2.77. The van der Waals surface area contributed by atoms with Crippen LogP contribution >= 0.6 is 11.6 Å². The van der Waals surface area contributed by atoms with Gasteiger partial charge < -0.3 is 4.57 Å². The van der Waals surface area contributed by atoms with E-state index in [-0.39, 0.29) is 0 Å². The van der Waals surface area contributed by atoms with E-state index in [1.807, 2.05) is 4.57 Å². The van der Waals surface area contributed by atoms with E-state index >= 15 is 0 Å². The summed E-state index contributed by atoms with van der Waals surface area (Å²) in [6.07, 6.45) is 1.11. The van der Waals surface area contributed by atoms with Gasteiger partial charge in [0, 0.05) is 12.5 Å². The summed E-state index contributed by atoms with van der Waals surface area (Å²) in [6.45, 7) is 9.52. The highest BCUT2D eigenvalue weighted by molar-refractivity contribution is 6.28. The summed E-state index contributed by atoms with van der Waals surface area (Å²) in [7, 11) is 0. The molecule has 0 amide bonds. The summed E-state index contributed by atoms with van der Waals surface area (Å²) in [5.74, 6) is 2.03. The Hall–Kier alpha value is -0.570. The van der Waals surface area contributed by atoms with Crippen LogP contribution in [0, 0.1) is 5.92 Å². The Morgan fingerprint density at radius 2 is 1.86 bits per heavy atom. The van der Waals surface area contributed by atoms with E-state index in [1.54, 1.807) is 0 Å². The van der Waals surface area contributed by atoms with Crippen LogP contribution in [-0.2, 0) is 6.54 Å². The lowest BCUT2D eigenvalue weighted by Gasteiger charge is -2.11. The average molecular weight is 216 g/mol. The van der Waals surface area contributed by atoms with Gasteiger partial charge in [-0.3, -0.25) is 0 Å². The molecule has 14 heavy (non-hydrogen) atoms. The van der Waals surface area contributed by atoms with Crippen molar-refractivity contribution < 1.29 is 0 Å². The molecule has 0 aromatic carbocycles. The minimum Gasteiger partial charge on any atom is -0.302 e. The van der Waals surface area contributed by atoms with Crippen molar-refractivity contribution >= 4 is 11.6 Å². The zero-order valence-corrected chi connectivity index (χ0v) is 10.0. The molecule has 0 aliphatic heterocycles. The van der Waals surface area contributed by atoms with Gasteiger partial charge in [-0.25, -0.2) is 0 Å². The average Bonchev–Trinajstić information content (AvgIpc) is 2.43. The molecule has 0 atom stereocenters. The second-order valence-corrected chi connectivity index (χ2v) is 4.65. The standard InChI is InChI=1S/C10H18ClN3/c1-7(2)5-6-14-9(8(3)4)12-13-10(14)11/h7-8H,5-6H2,1-4H3. The fraction of sp³-hybridized carbons (Fsp3) is 0.800. The highest BCUT2D eigenvalue weighted by Crippen LogP contribution is 2.17. The predicted molar refractivity (Wildman–Crippen MR) is 58.6 cm³/mol. The van der Waals surface area contributed by atoms with Crippen LogP contribution in [0.4, 0.5) is 0 Å². The van der Waals surface area contributed by atoms with Crippen molar-refractivity contribution in [3.8, 4) is 0 Å². The van der Waals surface area contributed by atoms with E-state index in [0.717, 1.165) is 18.8 Å². The molecule has 1 heterocycles. The molecule has 0 aliphatic rings. The minimum absolute atomic E-state index is 0.377. The van der Waals surface area contributed by atoms with Crippen LogP contribution in [0.5, 0.6) is 0 Å². The van der Waals surface area contributed by atoms with Crippen molar-refractivity contribution in [2.45, 2.75) is 46.6 Å². The van der Waals surface area contributed by atoms with Crippen molar-refractivity contribution in [3.05, 3.63) is 11.1 Å². The van der Waals surface area contributed by atoms with Gasteiger partial charge in [-0.05, 0) is 23.9 Å². The third-order valence-electron chi connectivity index (χ3n) is 2.18. The van der Waals surface area contributed by atoms with Gasteiger partial charge in [0.25, 0.3) is 0 Å². The van der Waals surface area contributed by atoms with Crippen LogP contribution in [0.2, 0.25) is 5.28 Å². The van der Waals surface area contributed by atoms with Crippen molar-refractivity contribution in [1.82, 2.24) is 14.8 Å². The maximum Gasteiger partial charge on any atom is 0.225 e. The third-order valence-corrected chi connectivity index (χ3v) is 2.46. The molecular formula is C10H18ClN3. The molecular weight excluding hydrogens is 198 g/mol. The summed E-state index contributed by atoms with van der Waals surface area (Å²) >= 11 is 5.96. The topological polar surface area (TPSA) is 30.7 Å². The van der Waals surface area contributed by atoms with Gasteiger partial charge in [0.15, 0.2) is 0 Å². The van der Waals surface area contributed by atoms with E-state index in [1.165, 1.54) is 0 Å². The number of hydrogen-bond donors (Lipinski definition) is 0. The van der Waals surface area contributed by atoms with Gasteiger partial charge in [0.05, 0.1) is 0 Å². The van der Waals surface area contributed by atoms with Crippen LogP contribution in [0.15, 0.2) is 0 Å². The molecule has 0 aliphatic carbocycles. The molecule has 3 nitrogen and oxygen atoms in total. The van der Waals surface area contributed by atoms with E-state index < -0.39 is 0 Å². The Labute approximate surface area is 90.5 Å². The maximum absolute atomic E-state index is 5.96. The van der Waals surface area contributed by atoms with Crippen molar-refractivity contribution in [2.24, 2.45) is 5.92 Å². The maximum atomic E-state index is 5.96. The summed E-state index contributed by atoms with van der Waals surface area (Å²) < 4.78 is 2.01. The van der Waals surface area contributed by atoms with Crippen LogP contribution in [0.25, 0.3) is 0 Å². The van der Waals surface area contributed by atoms with Gasteiger partial charge in [-0.1, -0.05) is 27.7 Å². The van der Waals surface area contributed by atoms with Crippen molar-refractivity contribution in [3.63, 3.8) is 0 Å². The number of rotatable bonds is 4. The van der Waals surface area contributed by atoms with Crippen LogP contribution in [0.3, 0.4) is 0 Å². The molecule has 0 N–H and O–H groups in total. The molecule has 0 unspecified atom stereocenters. The van der Waals surface area contributed by atoms with Crippen LogP contribution in [-0.4, -0.2) is 14.8 Å². The monoisotopic (exact) mass is 215 g/mol. The molecule has 0 saturated heterocycles. The van der Waals surface area contributed by atoms with Crippen LogP contribution < -0.4 is 0 Å². The summed E-state index contributed by atoms with van der Waals surface area (Å²) in [5, 5.41) is 8.48. The SMILES string of the molecule is CC(C)CCn1c(Cl)nnc1C(C)C. The Kier molecular flexibility index (Phi) is 3.93. The predicted octanol–water partition coefficient (Wildman–Crippen LogP) is 3.10. The fourth-order valence-corrected chi connectivity index (χ4v) is 1.53. The molecule has 1 aromatic heterocycles. The number of halogens is 1. The van der Waals surface area contributed by atoms with Gasteiger partial charge in [-0.15, -0.1) is 10.2 Å². The molecule has 0 radical (unpaired) electrons. The zero-order valence-electron chi connectivity index (χ0n) is 9.29. The number of aromatic nitrogens is 3. The lowest BCUT2D eigenvalue weighted by atomic mass is 10.1. The molecule has 4 heteroatoms. The highest BCUT2D eigenvalue weighted by Gasteiger charge is 2.13. The second kappa shape index (κ2) is 4.78. The number of hydrogen-bond acceptors (Lipinski definition) is 2. The quantitative estimate of drug-likeness (QED) is 0.773. The molecule has 0 fully saturated rings. The second-order valence-electron chi connectivity index (χ2n) is 4.32. The molecule has 0 saturated carbocycles. The molecule has 1 rings (SSSR count). The van der Waals surface area contributed by atoms with Gasteiger partial charge in [0.1, 0.15) is 5.82 Å². The molecule has 80 valence electrons. The lowest BCUT2D eigenvalue weighted by molar-refractivity contribution is 0.499. The van der Waals surface area contributed by atoms with Gasteiger partial charge in [0.2, 0.25) is 5.28 Å². The summed E-state index contributed by atoms with van der Waals surface area (Å²) in [4.78, 5) is 0. The normalized spacial score (nSPS) is 11.6. The highest BCUT2D eigenvalue weighted by atomic mass is 35.5. The van der Waals surface area contributed by atoms with E-state index in [2.05, 4.69) is 37.9 Å². The molecule has 1 aromatic rings. The largest absolute Gasteiger partial charge is 0.302 e. The summed E-state index contributed by atoms with van der Waals surface area (Å²) in [6, 6.07) is 0. The van der Waals surface area contributed by atoms with Crippen molar-refractivity contribution in [2.75, 3.05) is 0 Å². The number of nitrogens with zero attached hydrogens (tertiary/aromatic N) is 3. The molecule has 0 bridgehead atoms. The van der Waals surface area contributed by atoms with Crippen molar-refractivity contribution in [1.29, 1.82) is 0 Å². The smallest absolute Gasteiger partial charge is 0.225 e. The van der Waals surface area contributed by atoms with Crippen LogP contribution in [0.1, 0.15) is 45.9 Å².